The lowest BCUT2D eigenvalue weighted by molar-refractivity contribution is -0.113. The van der Waals surface area contributed by atoms with Crippen molar-refractivity contribution in [3.05, 3.63) is 118 Å². The van der Waals surface area contributed by atoms with Crippen molar-refractivity contribution in [1.29, 1.82) is 0 Å². The minimum absolute atomic E-state index is 0.0781. The molecule has 37 heavy (non-hydrogen) atoms. The second-order valence-electron chi connectivity index (χ2n) is 8.23. The molecule has 0 spiro atoms. The highest BCUT2D eigenvalue weighted by molar-refractivity contribution is 8.00. The van der Waals surface area contributed by atoms with Gasteiger partial charge in [0.05, 0.1) is 28.0 Å². The molecule has 5 aromatic rings. The number of nitrogens with one attached hydrogen (secondary N) is 1. The second-order valence-corrected chi connectivity index (χ2v) is 10.7. The van der Waals surface area contributed by atoms with Crippen molar-refractivity contribution >= 4 is 57.6 Å². The maximum atomic E-state index is 13.5. The van der Waals surface area contributed by atoms with Crippen LogP contribution in [0.15, 0.2) is 117 Å². The number of aryl methyl sites for hydroxylation is 1. The van der Waals surface area contributed by atoms with Crippen LogP contribution in [0.2, 0.25) is 5.02 Å². The van der Waals surface area contributed by atoms with Gasteiger partial charge in [-0.3, -0.25) is 14.2 Å². The van der Waals surface area contributed by atoms with Gasteiger partial charge in [0.15, 0.2) is 5.16 Å². The number of halogens is 1. The van der Waals surface area contributed by atoms with E-state index < -0.39 is 0 Å². The summed E-state index contributed by atoms with van der Waals surface area (Å²) in [5, 5.41) is 4.49. The average molecular weight is 544 g/mol. The molecule has 0 atom stereocenters. The Hall–Kier alpha value is -3.52. The van der Waals surface area contributed by atoms with Crippen LogP contribution >= 0.6 is 35.1 Å². The maximum absolute atomic E-state index is 13.5. The number of carbonyl (C=O) groups excluding carboxylic acids is 1. The van der Waals surface area contributed by atoms with Crippen molar-refractivity contribution < 1.29 is 4.79 Å². The average Bonchev–Trinajstić information content (AvgIpc) is 2.91. The van der Waals surface area contributed by atoms with Gasteiger partial charge in [-0.05, 0) is 61.0 Å². The monoisotopic (exact) mass is 543 g/mol. The number of hydrogen-bond acceptors (Lipinski definition) is 5. The number of carbonyl (C=O) groups is 1. The van der Waals surface area contributed by atoms with Gasteiger partial charge in [0, 0.05) is 14.8 Å². The summed E-state index contributed by atoms with van der Waals surface area (Å²) in [6, 6.07) is 30.3. The van der Waals surface area contributed by atoms with E-state index in [0.717, 1.165) is 21.0 Å². The number of hydrogen-bond donors (Lipinski definition) is 1. The SMILES string of the molecule is Cc1ccc(-n2c(SCC(=O)Nc3ccccc3Sc3ccccc3)nc3ccccc3c2=O)cc1Cl. The minimum Gasteiger partial charge on any atom is -0.324 e. The van der Waals surface area contributed by atoms with Crippen LogP contribution in [-0.2, 0) is 4.79 Å². The predicted octanol–water partition coefficient (Wildman–Crippen LogP) is 7.23. The highest BCUT2D eigenvalue weighted by atomic mass is 35.5. The first-order valence-electron chi connectivity index (χ1n) is 11.5. The molecule has 0 unspecified atom stereocenters. The minimum atomic E-state index is -0.210. The number of amides is 1. The van der Waals surface area contributed by atoms with Gasteiger partial charge in [-0.2, -0.15) is 0 Å². The first-order chi connectivity index (χ1) is 18.0. The maximum Gasteiger partial charge on any atom is 0.266 e. The van der Waals surface area contributed by atoms with E-state index in [4.69, 9.17) is 16.6 Å². The number of nitrogens with zero attached hydrogens (tertiary/aromatic N) is 2. The van der Waals surface area contributed by atoms with Crippen molar-refractivity contribution in [3.63, 3.8) is 0 Å². The van der Waals surface area contributed by atoms with Crippen LogP contribution in [0, 0.1) is 6.92 Å². The van der Waals surface area contributed by atoms with Crippen molar-refractivity contribution in [2.75, 3.05) is 11.1 Å². The fourth-order valence-corrected chi connectivity index (χ4v) is 5.66. The lowest BCUT2D eigenvalue weighted by Crippen LogP contribution is -2.23. The molecule has 1 amide bonds. The second kappa shape index (κ2) is 11.3. The van der Waals surface area contributed by atoms with Crippen LogP contribution in [0.5, 0.6) is 0 Å². The molecule has 1 heterocycles. The van der Waals surface area contributed by atoms with Gasteiger partial charge in [0.2, 0.25) is 5.91 Å². The van der Waals surface area contributed by atoms with Gasteiger partial charge < -0.3 is 5.32 Å². The van der Waals surface area contributed by atoms with E-state index in [1.807, 2.05) is 85.8 Å². The Morgan fingerprint density at radius 3 is 2.49 bits per heavy atom. The zero-order valence-corrected chi connectivity index (χ0v) is 22.2. The van der Waals surface area contributed by atoms with E-state index >= 15 is 0 Å². The Labute approximate surface area is 227 Å². The molecule has 5 nitrogen and oxygen atoms in total. The van der Waals surface area contributed by atoms with Crippen LogP contribution in [-0.4, -0.2) is 21.2 Å². The number of aromatic nitrogens is 2. The molecule has 0 aliphatic carbocycles. The van der Waals surface area contributed by atoms with Crippen LogP contribution in [0.1, 0.15) is 5.56 Å². The number of anilines is 1. The first kappa shape index (κ1) is 25.1. The third kappa shape index (κ3) is 5.74. The Bertz CT molecular complexity index is 1660. The molecule has 0 fully saturated rings. The largest absolute Gasteiger partial charge is 0.324 e. The molecule has 0 aliphatic heterocycles. The van der Waals surface area contributed by atoms with Crippen LogP contribution in [0.25, 0.3) is 16.6 Å². The van der Waals surface area contributed by atoms with Crippen LogP contribution in [0.3, 0.4) is 0 Å². The van der Waals surface area contributed by atoms with E-state index in [0.29, 0.717) is 26.8 Å². The molecule has 0 bridgehead atoms. The number of benzene rings is 4. The summed E-state index contributed by atoms with van der Waals surface area (Å²) >= 11 is 9.16. The van der Waals surface area contributed by atoms with Crippen molar-refractivity contribution in [1.82, 2.24) is 9.55 Å². The Balaban J connectivity index is 1.41. The molecule has 0 saturated heterocycles. The van der Waals surface area contributed by atoms with Gasteiger partial charge in [-0.15, -0.1) is 0 Å². The summed E-state index contributed by atoms with van der Waals surface area (Å²) in [5.74, 6) is -0.114. The van der Waals surface area contributed by atoms with Crippen LogP contribution in [0.4, 0.5) is 5.69 Å². The molecule has 1 aromatic heterocycles. The van der Waals surface area contributed by atoms with Gasteiger partial charge in [-0.1, -0.05) is 83.7 Å². The van der Waals surface area contributed by atoms with E-state index in [9.17, 15) is 9.59 Å². The zero-order valence-electron chi connectivity index (χ0n) is 19.9. The molecular weight excluding hydrogens is 522 g/mol. The van der Waals surface area contributed by atoms with Crippen molar-refractivity contribution in [2.24, 2.45) is 0 Å². The smallest absolute Gasteiger partial charge is 0.266 e. The zero-order chi connectivity index (χ0) is 25.8. The molecule has 8 heteroatoms. The van der Waals surface area contributed by atoms with E-state index in [1.54, 1.807) is 30.0 Å². The van der Waals surface area contributed by atoms with E-state index in [1.165, 1.54) is 16.3 Å². The van der Waals surface area contributed by atoms with Crippen molar-refractivity contribution in [2.45, 2.75) is 21.9 Å². The number of para-hydroxylation sites is 2. The fourth-order valence-electron chi connectivity index (χ4n) is 3.75. The summed E-state index contributed by atoms with van der Waals surface area (Å²) < 4.78 is 1.52. The van der Waals surface area contributed by atoms with Gasteiger partial charge >= 0.3 is 0 Å². The topological polar surface area (TPSA) is 64.0 Å². The van der Waals surface area contributed by atoms with E-state index in [2.05, 4.69) is 5.32 Å². The van der Waals surface area contributed by atoms with Gasteiger partial charge in [-0.25, -0.2) is 4.98 Å². The molecule has 5 rings (SSSR count). The highest BCUT2D eigenvalue weighted by Gasteiger charge is 2.16. The normalized spacial score (nSPS) is 11.0. The molecule has 1 N–H and O–H groups in total. The first-order valence-corrected chi connectivity index (χ1v) is 13.7. The summed E-state index contributed by atoms with van der Waals surface area (Å²) in [6.45, 7) is 1.90. The number of rotatable bonds is 7. The third-order valence-electron chi connectivity index (χ3n) is 5.62. The molecule has 0 saturated carbocycles. The summed E-state index contributed by atoms with van der Waals surface area (Å²) in [5.41, 5.74) is 2.61. The predicted molar refractivity (Wildman–Crippen MR) is 153 cm³/mol. The Morgan fingerprint density at radius 1 is 0.946 bits per heavy atom. The summed E-state index contributed by atoms with van der Waals surface area (Å²) in [7, 11) is 0. The Kier molecular flexibility index (Phi) is 7.65. The quantitative estimate of drug-likeness (QED) is 0.173. The number of thioether (sulfide) groups is 1. The highest BCUT2D eigenvalue weighted by Crippen LogP contribution is 2.33. The van der Waals surface area contributed by atoms with Crippen LogP contribution < -0.4 is 10.9 Å². The summed E-state index contributed by atoms with van der Waals surface area (Å²) in [4.78, 5) is 33.2. The van der Waals surface area contributed by atoms with Crippen molar-refractivity contribution in [3.8, 4) is 5.69 Å². The molecule has 4 aromatic carbocycles. The fraction of sp³-hybridized carbons (Fsp3) is 0.0690. The van der Waals surface area contributed by atoms with Gasteiger partial charge in [0.25, 0.3) is 5.56 Å². The summed E-state index contributed by atoms with van der Waals surface area (Å²) in [6.07, 6.45) is 0. The van der Waals surface area contributed by atoms with E-state index in [-0.39, 0.29) is 17.2 Å². The Morgan fingerprint density at radius 2 is 1.68 bits per heavy atom. The lowest BCUT2D eigenvalue weighted by atomic mass is 10.2. The van der Waals surface area contributed by atoms with Gasteiger partial charge in [0.1, 0.15) is 0 Å². The third-order valence-corrected chi connectivity index (χ3v) is 8.05. The molecule has 0 aliphatic rings. The molecule has 0 radical (unpaired) electrons. The standard InChI is InChI=1S/C29H22ClN3O2S2/c1-19-15-16-20(17-23(19)30)33-28(35)22-11-5-6-12-24(22)32-29(33)36-18-27(34)31-25-13-7-8-14-26(25)37-21-9-3-2-4-10-21/h2-17H,18H2,1H3,(H,31,34). The lowest BCUT2D eigenvalue weighted by Gasteiger charge is -2.14. The molecule has 184 valence electrons. The molecular formula is C29H22ClN3O2S2. The number of fused-ring (bicyclic) bond motifs is 1.